The highest BCUT2D eigenvalue weighted by atomic mass is 16.6. The van der Waals surface area contributed by atoms with E-state index in [0.717, 1.165) is 38.5 Å². The molecule has 0 saturated carbocycles. The van der Waals surface area contributed by atoms with Crippen LogP contribution in [0.25, 0.3) is 0 Å². The van der Waals surface area contributed by atoms with E-state index < -0.39 is 18.2 Å². The standard InChI is InChI=1S/C60H120N4O5/c1-4-7-10-13-16-19-22-25-28-31-34-37-40-43-46-49-52-61-58(65)64-57(55-68-59(66)62-53-50-47-44-41-38-35-32-29-26-23-20-17-14-11-8-5-2)56-69-60(67)63-54-51-48-45-42-39-36-33-30-27-24-21-18-15-12-9-6-3/h57H,4-56H2,1-3H3,(H,62,66)(H,63,67)(H2,61,64,65). The van der Waals surface area contributed by atoms with E-state index in [1.807, 2.05) is 0 Å². The molecular weight excluding hydrogens is 857 g/mol. The average Bonchev–Trinajstić information content (AvgIpc) is 3.35. The summed E-state index contributed by atoms with van der Waals surface area (Å²) in [6.45, 7) is 8.39. The van der Waals surface area contributed by atoms with E-state index in [-0.39, 0.29) is 19.2 Å². The SMILES string of the molecule is CCCCCCCCCCCCCCCCCCNC(=O)NC(COC(=O)NCCCCCCCCCCCCCCCCCC)COC(=O)NCCCCCCCCCCCCCCCCCC. The molecule has 0 aromatic carbocycles. The molecule has 9 nitrogen and oxygen atoms in total. The number of urea groups is 1. The highest BCUT2D eigenvalue weighted by Gasteiger charge is 2.17. The summed E-state index contributed by atoms with van der Waals surface area (Å²) in [6.07, 6.45) is 61.9. The van der Waals surface area contributed by atoms with Crippen LogP contribution in [0.3, 0.4) is 0 Å². The Labute approximate surface area is 429 Å². The van der Waals surface area contributed by atoms with Crippen LogP contribution in [0.15, 0.2) is 0 Å². The van der Waals surface area contributed by atoms with Gasteiger partial charge in [0.15, 0.2) is 0 Å². The molecule has 69 heavy (non-hydrogen) atoms. The molecule has 9 heteroatoms. The fourth-order valence-electron chi connectivity index (χ4n) is 9.42. The van der Waals surface area contributed by atoms with E-state index in [2.05, 4.69) is 42.0 Å². The summed E-state index contributed by atoms with van der Waals surface area (Å²) < 4.78 is 11.0. The predicted molar refractivity (Wildman–Crippen MR) is 298 cm³/mol. The molecule has 0 aromatic heterocycles. The normalized spacial score (nSPS) is 11.3. The van der Waals surface area contributed by atoms with Crippen molar-refractivity contribution < 1.29 is 23.9 Å². The third kappa shape index (κ3) is 56.6. The van der Waals surface area contributed by atoms with Crippen molar-refractivity contribution in [3.05, 3.63) is 0 Å². The molecule has 0 unspecified atom stereocenters. The number of amides is 4. The third-order valence-electron chi connectivity index (χ3n) is 14.1. The molecule has 0 heterocycles. The van der Waals surface area contributed by atoms with Crippen molar-refractivity contribution >= 4 is 18.2 Å². The van der Waals surface area contributed by atoms with Crippen LogP contribution in [0.2, 0.25) is 0 Å². The second-order valence-electron chi connectivity index (χ2n) is 21.1. The Bertz CT molecular complexity index is 993. The maximum absolute atomic E-state index is 12.9. The summed E-state index contributed by atoms with van der Waals surface area (Å²) in [6, 6.07) is -0.992. The van der Waals surface area contributed by atoms with Gasteiger partial charge >= 0.3 is 18.2 Å². The zero-order valence-corrected chi connectivity index (χ0v) is 46.6. The summed E-state index contributed by atoms with van der Waals surface area (Å²) in [4.78, 5) is 38.0. The van der Waals surface area contributed by atoms with Gasteiger partial charge in [-0.05, 0) is 19.3 Å². The molecule has 0 spiro atoms. The molecule has 0 bridgehead atoms. The Morgan fingerprint density at radius 2 is 0.464 bits per heavy atom. The highest BCUT2D eigenvalue weighted by molar-refractivity contribution is 5.74. The van der Waals surface area contributed by atoms with Crippen molar-refractivity contribution in [3.8, 4) is 0 Å². The quantitative estimate of drug-likeness (QED) is 0.0453. The van der Waals surface area contributed by atoms with Crippen LogP contribution in [0.1, 0.15) is 329 Å². The number of hydrogen-bond acceptors (Lipinski definition) is 5. The van der Waals surface area contributed by atoms with Gasteiger partial charge in [0.1, 0.15) is 13.2 Å². The van der Waals surface area contributed by atoms with E-state index in [1.165, 1.54) is 270 Å². The van der Waals surface area contributed by atoms with Crippen LogP contribution in [-0.2, 0) is 9.47 Å². The summed E-state index contributed by atoms with van der Waals surface area (Å²) in [5.41, 5.74) is 0. The zero-order chi connectivity index (χ0) is 50.0. The van der Waals surface area contributed by atoms with Crippen LogP contribution in [0.4, 0.5) is 14.4 Å². The molecule has 410 valence electrons. The molecule has 4 amide bonds. The summed E-state index contributed by atoms with van der Waals surface area (Å²) in [5, 5.41) is 11.5. The van der Waals surface area contributed by atoms with Crippen LogP contribution in [0.5, 0.6) is 0 Å². The van der Waals surface area contributed by atoms with Gasteiger partial charge in [0.05, 0.1) is 6.04 Å². The topological polar surface area (TPSA) is 118 Å². The number of rotatable bonds is 56. The van der Waals surface area contributed by atoms with Crippen LogP contribution < -0.4 is 21.3 Å². The first-order valence-corrected chi connectivity index (χ1v) is 30.9. The molecule has 0 aliphatic heterocycles. The number of hydrogen-bond donors (Lipinski definition) is 4. The number of alkyl carbamates (subject to hydrolysis) is 2. The van der Waals surface area contributed by atoms with E-state index in [1.54, 1.807) is 0 Å². The van der Waals surface area contributed by atoms with Crippen LogP contribution >= 0.6 is 0 Å². The molecule has 0 fully saturated rings. The molecule has 0 aliphatic rings. The van der Waals surface area contributed by atoms with E-state index in [0.29, 0.717) is 19.6 Å². The lowest BCUT2D eigenvalue weighted by molar-refractivity contribution is 0.0994. The molecule has 0 rings (SSSR count). The largest absolute Gasteiger partial charge is 0.447 e. The second kappa shape index (κ2) is 58.4. The Kier molecular flexibility index (Phi) is 56.5. The summed E-state index contributed by atoms with van der Waals surface area (Å²) in [5.74, 6) is 0. The van der Waals surface area contributed by atoms with Gasteiger partial charge in [-0.2, -0.15) is 0 Å². The molecule has 0 radical (unpaired) electrons. The predicted octanol–water partition coefficient (Wildman–Crippen LogP) is 18.9. The minimum absolute atomic E-state index is 0.0797. The fourth-order valence-corrected chi connectivity index (χ4v) is 9.42. The Balaban J connectivity index is 4.28. The van der Waals surface area contributed by atoms with Crippen LogP contribution in [0, 0.1) is 0 Å². The molecular formula is C60H120N4O5. The van der Waals surface area contributed by atoms with Crippen molar-refractivity contribution in [3.63, 3.8) is 0 Å². The van der Waals surface area contributed by atoms with Gasteiger partial charge in [0, 0.05) is 19.6 Å². The van der Waals surface area contributed by atoms with Gasteiger partial charge in [-0.1, -0.05) is 310 Å². The maximum atomic E-state index is 12.9. The van der Waals surface area contributed by atoms with Crippen molar-refractivity contribution in [2.75, 3.05) is 32.8 Å². The first kappa shape index (κ1) is 66.8. The van der Waals surface area contributed by atoms with Crippen molar-refractivity contribution in [1.29, 1.82) is 0 Å². The highest BCUT2D eigenvalue weighted by Crippen LogP contribution is 2.17. The van der Waals surface area contributed by atoms with Gasteiger partial charge < -0.3 is 30.7 Å². The second-order valence-corrected chi connectivity index (χ2v) is 21.1. The summed E-state index contributed by atoms with van der Waals surface area (Å²) >= 11 is 0. The lowest BCUT2D eigenvalue weighted by Gasteiger charge is -2.19. The molecule has 0 atom stereocenters. The Morgan fingerprint density at radius 3 is 0.681 bits per heavy atom. The van der Waals surface area contributed by atoms with Gasteiger partial charge in [-0.25, -0.2) is 14.4 Å². The number of carbonyl (C=O) groups excluding carboxylic acids is 3. The number of carbonyl (C=O) groups is 3. The lowest BCUT2D eigenvalue weighted by Crippen LogP contribution is -2.48. The first-order valence-electron chi connectivity index (χ1n) is 30.9. The van der Waals surface area contributed by atoms with E-state index in [9.17, 15) is 14.4 Å². The number of ether oxygens (including phenoxy) is 2. The van der Waals surface area contributed by atoms with E-state index in [4.69, 9.17) is 9.47 Å². The van der Waals surface area contributed by atoms with Crippen LogP contribution in [-0.4, -0.2) is 57.1 Å². The first-order chi connectivity index (χ1) is 34.0. The molecule has 4 N–H and O–H groups in total. The fraction of sp³-hybridized carbons (Fsp3) is 0.950. The maximum Gasteiger partial charge on any atom is 0.407 e. The minimum Gasteiger partial charge on any atom is -0.447 e. The van der Waals surface area contributed by atoms with Gasteiger partial charge in [-0.15, -0.1) is 0 Å². The molecule has 0 aromatic rings. The van der Waals surface area contributed by atoms with E-state index >= 15 is 0 Å². The minimum atomic E-state index is -0.654. The molecule has 0 aliphatic carbocycles. The number of unbranched alkanes of at least 4 members (excludes halogenated alkanes) is 45. The Hall–Kier alpha value is -2.19. The van der Waals surface area contributed by atoms with Crippen molar-refractivity contribution in [1.82, 2.24) is 21.3 Å². The zero-order valence-electron chi connectivity index (χ0n) is 46.6. The van der Waals surface area contributed by atoms with Gasteiger partial charge in [0.2, 0.25) is 0 Å². The monoisotopic (exact) mass is 977 g/mol. The summed E-state index contributed by atoms with van der Waals surface area (Å²) in [7, 11) is 0. The third-order valence-corrected chi connectivity index (χ3v) is 14.1. The van der Waals surface area contributed by atoms with Crippen molar-refractivity contribution in [2.24, 2.45) is 0 Å². The smallest absolute Gasteiger partial charge is 0.407 e. The molecule has 0 saturated heterocycles. The Morgan fingerprint density at radius 1 is 0.275 bits per heavy atom. The van der Waals surface area contributed by atoms with Gasteiger partial charge in [0.25, 0.3) is 0 Å². The number of nitrogens with one attached hydrogen (secondary N) is 4. The average molecular weight is 978 g/mol. The van der Waals surface area contributed by atoms with Gasteiger partial charge in [-0.3, -0.25) is 0 Å². The van der Waals surface area contributed by atoms with Crippen molar-refractivity contribution in [2.45, 2.75) is 335 Å². The lowest BCUT2D eigenvalue weighted by atomic mass is 10.0.